The third-order valence-electron chi connectivity index (χ3n) is 5.17. The highest BCUT2D eigenvalue weighted by atomic mass is 32.1. The number of amides is 1. The van der Waals surface area contributed by atoms with Crippen molar-refractivity contribution in [2.45, 2.75) is 19.3 Å². The van der Waals surface area contributed by atoms with Gasteiger partial charge in [0.15, 0.2) is 5.01 Å². The van der Waals surface area contributed by atoms with Crippen molar-refractivity contribution >= 4 is 22.4 Å². The van der Waals surface area contributed by atoms with Crippen LogP contribution in [0.2, 0.25) is 0 Å². The summed E-state index contributed by atoms with van der Waals surface area (Å²) in [7, 11) is 0. The van der Waals surface area contributed by atoms with Crippen molar-refractivity contribution in [2.24, 2.45) is 0 Å². The fraction of sp³-hybridized carbons (Fsp3) is 0.333. The van der Waals surface area contributed by atoms with Crippen LogP contribution in [-0.2, 0) is 10.2 Å². The Bertz CT molecular complexity index is 934. The molecule has 4 rings (SSSR count). The Hall–Kier alpha value is -2.80. The number of nitrogens with zero attached hydrogens (tertiary/aromatic N) is 5. The van der Waals surface area contributed by atoms with Crippen molar-refractivity contribution in [1.29, 1.82) is 0 Å². The van der Waals surface area contributed by atoms with Crippen LogP contribution in [0.25, 0.3) is 10.7 Å². The average molecular weight is 394 g/mol. The zero-order valence-corrected chi connectivity index (χ0v) is 16.9. The minimum absolute atomic E-state index is 0.171. The van der Waals surface area contributed by atoms with Gasteiger partial charge >= 0.3 is 0 Å². The van der Waals surface area contributed by atoms with Gasteiger partial charge in [-0.25, -0.2) is 0 Å². The Morgan fingerprint density at radius 1 is 0.964 bits per heavy atom. The second-order valence-corrected chi connectivity index (χ2v) is 8.33. The average Bonchev–Trinajstić information content (AvgIpc) is 3.25. The Balaban J connectivity index is 1.41. The number of aromatic nitrogens is 3. The van der Waals surface area contributed by atoms with Crippen molar-refractivity contribution in [2.75, 3.05) is 31.1 Å². The van der Waals surface area contributed by atoms with Crippen molar-refractivity contribution < 1.29 is 4.79 Å². The van der Waals surface area contributed by atoms with Crippen LogP contribution in [0.4, 0.5) is 5.13 Å². The standard InChI is InChI=1S/C21H23N5OS/c1-21(2,16-8-4-3-5-9-16)19(27)25-12-14-26(15-13-25)20-24-23-18(28-20)17-10-6-7-11-22-17/h3-11H,12-15H2,1-2H3. The molecule has 0 radical (unpaired) electrons. The Morgan fingerprint density at radius 3 is 2.36 bits per heavy atom. The topological polar surface area (TPSA) is 62.2 Å². The maximum atomic E-state index is 13.1. The van der Waals surface area contributed by atoms with Crippen LogP contribution in [0.3, 0.4) is 0 Å². The maximum absolute atomic E-state index is 13.1. The zero-order valence-electron chi connectivity index (χ0n) is 16.1. The summed E-state index contributed by atoms with van der Waals surface area (Å²) in [5.41, 5.74) is 1.36. The summed E-state index contributed by atoms with van der Waals surface area (Å²) in [6.07, 6.45) is 1.76. The third-order valence-corrected chi connectivity index (χ3v) is 6.17. The molecule has 28 heavy (non-hydrogen) atoms. The van der Waals surface area contributed by atoms with E-state index in [1.807, 2.05) is 67.3 Å². The Morgan fingerprint density at radius 2 is 1.68 bits per heavy atom. The van der Waals surface area contributed by atoms with Gasteiger partial charge in [-0.05, 0) is 31.5 Å². The third kappa shape index (κ3) is 3.62. The highest BCUT2D eigenvalue weighted by Crippen LogP contribution is 2.29. The number of piperazine rings is 1. The Kier molecular flexibility index (Phi) is 5.09. The summed E-state index contributed by atoms with van der Waals surface area (Å²) in [4.78, 5) is 21.6. The zero-order chi connectivity index (χ0) is 19.6. The first-order valence-electron chi connectivity index (χ1n) is 9.40. The summed E-state index contributed by atoms with van der Waals surface area (Å²) in [6, 6.07) is 15.8. The van der Waals surface area contributed by atoms with Crippen LogP contribution in [0.1, 0.15) is 19.4 Å². The van der Waals surface area contributed by atoms with Gasteiger partial charge in [0.05, 0.1) is 5.41 Å². The first kappa shape index (κ1) is 18.6. The Labute approximate surface area is 168 Å². The van der Waals surface area contributed by atoms with Gasteiger partial charge in [0, 0.05) is 32.4 Å². The quantitative estimate of drug-likeness (QED) is 0.681. The molecule has 144 valence electrons. The van der Waals surface area contributed by atoms with Gasteiger partial charge in [-0.15, -0.1) is 10.2 Å². The molecule has 0 unspecified atom stereocenters. The first-order valence-corrected chi connectivity index (χ1v) is 10.2. The van der Waals surface area contributed by atoms with E-state index in [-0.39, 0.29) is 5.91 Å². The molecule has 0 bridgehead atoms. The summed E-state index contributed by atoms with van der Waals surface area (Å²) >= 11 is 1.54. The number of benzene rings is 1. The van der Waals surface area contributed by atoms with E-state index in [1.165, 1.54) is 0 Å². The van der Waals surface area contributed by atoms with E-state index in [9.17, 15) is 4.79 Å². The molecule has 1 saturated heterocycles. The molecule has 3 heterocycles. The highest BCUT2D eigenvalue weighted by molar-refractivity contribution is 7.18. The lowest BCUT2D eigenvalue weighted by atomic mass is 9.83. The smallest absolute Gasteiger partial charge is 0.232 e. The van der Waals surface area contributed by atoms with E-state index < -0.39 is 5.41 Å². The second kappa shape index (κ2) is 7.67. The van der Waals surface area contributed by atoms with E-state index in [0.717, 1.165) is 34.5 Å². The molecule has 1 aliphatic heterocycles. The molecule has 0 aliphatic carbocycles. The molecule has 0 spiro atoms. The van der Waals surface area contributed by atoms with Crippen molar-refractivity contribution in [3.8, 4) is 10.7 Å². The first-order chi connectivity index (χ1) is 13.6. The van der Waals surface area contributed by atoms with Crippen LogP contribution in [0, 0.1) is 0 Å². The SMILES string of the molecule is CC(C)(C(=O)N1CCN(c2nnc(-c3ccccn3)s2)CC1)c1ccccc1. The predicted octanol–water partition coefficient (Wildman–Crippen LogP) is 3.23. The number of anilines is 1. The van der Waals surface area contributed by atoms with Gasteiger partial charge in [0.2, 0.25) is 11.0 Å². The molecule has 7 heteroatoms. The number of hydrogen-bond acceptors (Lipinski definition) is 6. The van der Waals surface area contributed by atoms with Crippen LogP contribution in [0.15, 0.2) is 54.7 Å². The minimum Gasteiger partial charge on any atom is -0.343 e. The van der Waals surface area contributed by atoms with Gasteiger partial charge in [-0.3, -0.25) is 9.78 Å². The fourth-order valence-corrected chi connectivity index (χ4v) is 4.28. The summed E-state index contributed by atoms with van der Waals surface area (Å²) in [5, 5.41) is 10.3. The molecule has 1 amide bonds. The predicted molar refractivity (Wildman–Crippen MR) is 111 cm³/mol. The number of pyridine rings is 1. The molecule has 2 aromatic heterocycles. The number of rotatable bonds is 4. The molecule has 0 atom stereocenters. The van der Waals surface area contributed by atoms with E-state index in [4.69, 9.17) is 0 Å². The van der Waals surface area contributed by atoms with Gasteiger partial charge in [-0.1, -0.05) is 47.7 Å². The van der Waals surface area contributed by atoms with E-state index in [1.54, 1.807) is 17.5 Å². The molecule has 1 aromatic carbocycles. The molecule has 0 N–H and O–H groups in total. The monoisotopic (exact) mass is 393 g/mol. The summed E-state index contributed by atoms with van der Waals surface area (Å²) in [5.74, 6) is 0.171. The van der Waals surface area contributed by atoms with E-state index in [2.05, 4.69) is 20.1 Å². The highest BCUT2D eigenvalue weighted by Gasteiger charge is 2.35. The second-order valence-electron chi connectivity index (χ2n) is 7.38. The van der Waals surface area contributed by atoms with Crippen LogP contribution >= 0.6 is 11.3 Å². The summed E-state index contributed by atoms with van der Waals surface area (Å²) in [6.45, 7) is 6.89. The number of hydrogen-bond donors (Lipinski definition) is 0. The minimum atomic E-state index is -0.529. The van der Waals surface area contributed by atoms with Crippen molar-refractivity contribution in [1.82, 2.24) is 20.1 Å². The normalized spacial score (nSPS) is 14.9. The molecule has 3 aromatic rings. The molecule has 1 aliphatic rings. The number of carbonyl (C=O) groups is 1. The van der Waals surface area contributed by atoms with E-state index in [0.29, 0.717) is 13.1 Å². The van der Waals surface area contributed by atoms with Gasteiger partial charge in [0.1, 0.15) is 5.69 Å². The molecule has 0 saturated carbocycles. The lowest BCUT2D eigenvalue weighted by Crippen LogP contribution is -2.53. The van der Waals surface area contributed by atoms with Gasteiger partial charge in [0.25, 0.3) is 0 Å². The van der Waals surface area contributed by atoms with Crippen molar-refractivity contribution in [3.63, 3.8) is 0 Å². The van der Waals surface area contributed by atoms with Gasteiger partial charge < -0.3 is 9.80 Å². The van der Waals surface area contributed by atoms with Crippen LogP contribution in [-0.4, -0.2) is 52.2 Å². The van der Waals surface area contributed by atoms with Crippen molar-refractivity contribution in [3.05, 3.63) is 60.3 Å². The number of carbonyl (C=O) groups excluding carboxylic acids is 1. The van der Waals surface area contributed by atoms with E-state index >= 15 is 0 Å². The fourth-order valence-electron chi connectivity index (χ4n) is 3.41. The largest absolute Gasteiger partial charge is 0.343 e. The molecular formula is C21H23N5OS. The van der Waals surface area contributed by atoms with Crippen LogP contribution in [0.5, 0.6) is 0 Å². The maximum Gasteiger partial charge on any atom is 0.232 e. The molecule has 1 fully saturated rings. The summed E-state index contributed by atoms with van der Waals surface area (Å²) < 4.78 is 0. The lowest BCUT2D eigenvalue weighted by molar-refractivity contribution is -0.136. The molecule has 6 nitrogen and oxygen atoms in total. The lowest BCUT2D eigenvalue weighted by Gasteiger charge is -2.38. The van der Waals surface area contributed by atoms with Crippen LogP contribution < -0.4 is 4.90 Å². The molecular weight excluding hydrogens is 370 g/mol. The van der Waals surface area contributed by atoms with Gasteiger partial charge in [-0.2, -0.15) is 0 Å².